The van der Waals surface area contributed by atoms with E-state index in [4.69, 9.17) is 4.74 Å². The van der Waals surface area contributed by atoms with Gasteiger partial charge in [-0.3, -0.25) is 4.79 Å². The van der Waals surface area contributed by atoms with Gasteiger partial charge in [-0.05, 0) is 48.5 Å². The number of hydrogen-bond acceptors (Lipinski definition) is 7. The Kier molecular flexibility index (Phi) is 6.91. The Morgan fingerprint density at radius 2 is 1.54 bits per heavy atom. The summed E-state index contributed by atoms with van der Waals surface area (Å²) in [5.74, 6) is 0.162. The number of fused-ring (bicyclic) bond motifs is 2. The zero-order chi connectivity index (χ0) is 27.9. The van der Waals surface area contributed by atoms with Crippen molar-refractivity contribution in [2.75, 3.05) is 18.0 Å². The molecule has 0 aliphatic carbocycles. The van der Waals surface area contributed by atoms with Crippen LogP contribution in [0.2, 0.25) is 0 Å². The molecule has 2 heterocycles. The Morgan fingerprint density at radius 1 is 0.974 bits per heavy atom. The second-order valence-corrected chi connectivity index (χ2v) is 10.9. The second kappa shape index (κ2) is 10.1. The lowest BCUT2D eigenvalue weighted by atomic mass is 9.94. The molecule has 9 nitrogen and oxygen atoms in total. The number of aliphatic hydroxyl groups excluding tert-OH is 1. The number of nitrogens with zero attached hydrogens (tertiary/aromatic N) is 2. The fourth-order valence-corrected chi connectivity index (χ4v) is 6.04. The number of para-hydroxylation sites is 4. The van der Waals surface area contributed by atoms with E-state index in [0.717, 1.165) is 24.3 Å². The zero-order valence-electron chi connectivity index (χ0n) is 20.5. The Hall–Kier alpha value is -3.81. The molecule has 5 rings (SSSR count). The molecule has 0 radical (unpaired) electrons. The Morgan fingerprint density at radius 3 is 2.08 bits per heavy atom. The number of carbonyl (C=O) groups is 1. The van der Waals surface area contributed by atoms with Crippen LogP contribution in [0.5, 0.6) is 17.2 Å². The van der Waals surface area contributed by atoms with E-state index in [0.29, 0.717) is 22.9 Å². The number of anilines is 2. The minimum absolute atomic E-state index is 0.0981. The van der Waals surface area contributed by atoms with Crippen molar-refractivity contribution in [3.05, 3.63) is 72.8 Å². The summed E-state index contributed by atoms with van der Waals surface area (Å²) in [5.41, 5.74) is 1.26. The molecule has 3 aromatic carbocycles. The number of piperidine rings is 1. The van der Waals surface area contributed by atoms with Crippen molar-refractivity contribution in [3.8, 4) is 17.2 Å². The molecule has 2 aliphatic rings. The van der Waals surface area contributed by atoms with Crippen LogP contribution >= 0.6 is 0 Å². The number of ether oxygens (including phenoxy) is 2. The average molecular weight is 564 g/mol. The lowest BCUT2D eigenvalue weighted by molar-refractivity contribution is -0.274. The standard InChI is InChI=1S/C26H24F3N3O6S/c1-16(33)31-14-19(30-39(35,36)18-12-10-17(11-13-18)38-26(27,28)29)25(34)22(15-31)32-20-6-2-4-8-23(20)37-24-9-5-3-7-21(24)32/h2-13,19,22,25,30,34H,14-15H2,1H3/t19-,22+,25+/m0/s1. The van der Waals surface area contributed by atoms with Gasteiger partial charge in [-0.25, -0.2) is 13.1 Å². The van der Waals surface area contributed by atoms with Crippen molar-refractivity contribution in [3.63, 3.8) is 0 Å². The zero-order valence-corrected chi connectivity index (χ0v) is 21.3. The number of hydrogen-bond donors (Lipinski definition) is 2. The van der Waals surface area contributed by atoms with Gasteiger partial charge in [-0.1, -0.05) is 24.3 Å². The molecule has 3 aromatic rings. The highest BCUT2D eigenvalue weighted by Crippen LogP contribution is 2.48. The third-order valence-electron chi connectivity index (χ3n) is 6.55. The van der Waals surface area contributed by atoms with Crippen molar-refractivity contribution >= 4 is 27.3 Å². The third-order valence-corrected chi connectivity index (χ3v) is 8.06. The van der Waals surface area contributed by atoms with Gasteiger partial charge in [0.1, 0.15) is 5.75 Å². The van der Waals surface area contributed by atoms with E-state index in [2.05, 4.69) is 9.46 Å². The van der Waals surface area contributed by atoms with Crippen molar-refractivity contribution in [1.29, 1.82) is 0 Å². The summed E-state index contributed by atoms with van der Waals surface area (Å²) in [5, 5.41) is 11.5. The van der Waals surface area contributed by atoms with Gasteiger partial charge in [0.05, 0.1) is 34.5 Å². The SMILES string of the molecule is CC(=O)N1C[C@H](NS(=O)(=O)c2ccc(OC(F)(F)F)cc2)[C@@H](O)[C@H](N2c3ccccc3Oc3ccccc32)C1. The van der Waals surface area contributed by atoms with E-state index in [-0.39, 0.29) is 23.9 Å². The number of benzene rings is 3. The number of amides is 1. The minimum Gasteiger partial charge on any atom is -0.453 e. The van der Waals surface area contributed by atoms with E-state index < -0.39 is 40.3 Å². The van der Waals surface area contributed by atoms with E-state index in [1.54, 1.807) is 48.5 Å². The summed E-state index contributed by atoms with van der Waals surface area (Å²) in [7, 11) is -4.31. The highest BCUT2D eigenvalue weighted by molar-refractivity contribution is 7.89. The summed E-state index contributed by atoms with van der Waals surface area (Å²) in [6.07, 6.45) is -6.21. The maximum atomic E-state index is 13.2. The molecule has 13 heteroatoms. The number of rotatable bonds is 5. The smallest absolute Gasteiger partial charge is 0.453 e. The van der Waals surface area contributed by atoms with Crippen LogP contribution in [0.3, 0.4) is 0 Å². The van der Waals surface area contributed by atoms with Crippen molar-refractivity contribution < 1.29 is 41.0 Å². The Bertz CT molecular complexity index is 1440. The Balaban J connectivity index is 1.47. The predicted molar refractivity (Wildman–Crippen MR) is 134 cm³/mol. The van der Waals surface area contributed by atoms with Crippen LogP contribution in [-0.4, -0.2) is 62.0 Å². The molecule has 1 fully saturated rings. The maximum Gasteiger partial charge on any atom is 0.573 e. The summed E-state index contributed by atoms with van der Waals surface area (Å²) >= 11 is 0. The quantitative estimate of drug-likeness (QED) is 0.487. The van der Waals surface area contributed by atoms with Crippen LogP contribution < -0.4 is 19.1 Å². The van der Waals surface area contributed by atoms with Gasteiger partial charge in [0, 0.05) is 20.0 Å². The van der Waals surface area contributed by atoms with E-state index in [9.17, 15) is 31.5 Å². The molecule has 0 saturated carbocycles. The lowest BCUT2D eigenvalue weighted by Crippen LogP contribution is -2.65. The Labute approximate surface area is 222 Å². The highest BCUT2D eigenvalue weighted by atomic mass is 32.2. The van der Waals surface area contributed by atoms with Gasteiger partial charge in [0.2, 0.25) is 15.9 Å². The van der Waals surface area contributed by atoms with Gasteiger partial charge in [-0.15, -0.1) is 13.2 Å². The predicted octanol–water partition coefficient (Wildman–Crippen LogP) is 3.77. The van der Waals surface area contributed by atoms with Gasteiger partial charge in [0.15, 0.2) is 11.5 Å². The first-order valence-corrected chi connectivity index (χ1v) is 13.4. The monoisotopic (exact) mass is 563 g/mol. The number of sulfonamides is 1. The number of carbonyl (C=O) groups excluding carboxylic acids is 1. The van der Waals surface area contributed by atoms with Gasteiger partial charge in [-0.2, -0.15) is 0 Å². The number of nitrogens with one attached hydrogen (secondary N) is 1. The topological polar surface area (TPSA) is 108 Å². The van der Waals surface area contributed by atoms with Gasteiger partial charge in [0.25, 0.3) is 0 Å². The largest absolute Gasteiger partial charge is 0.573 e. The molecule has 206 valence electrons. The summed E-state index contributed by atoms with van der Waals surface area (Å²) in [6, 6.07) is 16.1. The van der Waals surface area contributed by atoms with Crippen LogP contribution in [0.1, 0.15) is 6.92 Å². The van der Waals surface area contributed by atoms with Crippen LogP contribution in [0, 0.1) is 0 Å². The van der Waals surface area contributed by atoms with Crippen LogP contribution in [0.4, 0.5) is 24.5 Å². The number of halogens is 3. The molecule has 0 spiro atoms. The third kappa shape index (κ3) is 5.51. The molecular weight excluding hydrogens is 539 g/mol. The maximum absolute atomic E-state index is 13.2. The molecule has 39 heavy (non-hydrogen) atoms. The summed E-state index contributed by atoms with van der Waals surface area (Å²) in [6.45, 7) is 1.33. The number of alkyl halides is 3. The summed E-state index contributed by atoms with van der Waals surface area (Å²) in [4.78, 5) is 15.4. The fourth-order valence-electron chi connectivity index (χ4n) is 4.80. The molecular formula is C26H24F3N3O6S. The first kappa shape index (κ1) is 26.8. The molecule has 2 aliphatic heterocycles. The van der Waals surface area contributed by atoms with Gasteiger partial charge >= 0.3 is 6.36 Å². The molecule has 1 saturated heterocycles. The van der Waals surface area contributed by atoms with E-state index >= 15 is 0 Å². The van der Waals surface area contributed by atoms with Crippen LogP contribution in [0.25, 0.3) is 0 Å². The first-order chi connectivity index (χ1) is 18.4. The van der Waals surface area contributed by atoms with Crippen LogP contribution in [0.15, 0.2) is 77.7 Å². The molecule has 3 atom stereocenters. The van der Waals surface area contributed by atoms with E-state index in [1.165, 1.54) is 11.8 Å². The highest BCUT2D eigenvalue weighted by Gasteiger charge is 2.44. The number of aliphatic hydroxyl groups is 1. The average Bonchev–Trinajstić information content (AvgIpc) is 2.88. The summed E-state index contributed by atoms with van der Waals surface area (Å²) < 4.78 is 76.1. The van der Waals surface area contributed by atoms with Crippen LogP contribution in [-0.2, 0) is 14.8 Å². The van der Waals surface area contributed by atoms with Crippen molar-refractivity contribution in [2.45, 2.75) is 36.4 Å². The van der Waals surface area contributed by atoms with Crippen molar-refractivity contribution in [1.82, 2.24) is 9.62 Å². The lowest BCUT2D eigenvalue weighted by Gasteiger charge is -2.47. The van der Waals surface area contributed by atoms with Crippen molar-refractivity contribution in [2.24, 2.45) is 0 Å². The van der Waals surface area contributed by atoms with Gasteiger partial charge < -0.3 is 24.4 Å². The normalized spacial score (nSPS) is 21.0. The molecule has 0 bridgehead atoms. The first-order valence-electron chi connectivity index (χ1n) is 11.9. The van der Waals surface area contributed by atoms with E-state index in [1.807, 2.05) is 4.90 Å². The molecule has 0 unspecified atom stereocenters. The molecule has 1 amide bonds. The minimum atomic E-state index is -4.92. The molecule has 0 aromatic heterocycles. The number of likely N-dealkylation sites (tertiary alicyclic amines) is 1. The fraction of sp³-hybridized carbons (Fsp3) is 0.269. The molecule has 2 N–H and O–H groups in total. The second-order valence-electron chi connectivity index (χ2n) is 9.14.